The molecular weight excluding hydrogens is 290 g/mol. The summed E-state index contributed by atoms with van der Waals surface area (Å²) in [6, 6.07) is 0. The maximum Gasteiger partial charge on any atom is 0.282 e. The van der Waals surface area contributed by atoms with Gasteiger partial charge in [-0.05, 0) is 41.5 Å². The maximum atomic E-state index is 12.5. The van der Waals surface area contributed by atoms with E-state index in [-0.39, 0.29) is 11.2 Å². The van der Waals surface area contributed by atoms with Crippen molar-refractivity contribution in [2.24, 2.45) is 17.1 Å². The summed E-state index contributed by atoms with van der Waals surface area (Å²) in [6.45, 7) is 8.49. The van der Waals surface area contributed by atoms with Crippen LogP contribution in [0.15, 0.2) is 4.21 Å². The number of Topliss-reactive ketones (excluding diaryl/α,β-unsaturated/α-hetero) is 1. The summed E-state index contributed by atoms with van der Waals surface area (Å²) in [7, 11) is 0. The highest BCUT2D eigenvalue weighted by Crippen LogP contribution is 2.45. The maximum absolute atomic E-state index is 12.5. The lowest BCUT2D eigenvalue weighted by Gasteiger charge is -2.29. The van der Waals surface area contributed by atoms with Crippen molar-refractivity contribution in [3.63, 3.8) is 0 Å². The minimum absolute atomic E-state index is 0.0345. The zero-order valence-electron chi connectivity index (χ0n) is 12.4. The van der Waals surface area contributed by atoms with E-state index >= 15 is 0 Å². The van der Waals surface area contributed by atoms with Crippen molar-refractivity contribution in [3.05, 3.63) is 16.0 Å². The van der Waals surface area contributed by atoms with E-state index in [2.05, 4.69) is 27.7 Å². The summed E-state index contributed by atoms with van der Waals surface area (Å²) in [6.07, 6.45) is 2.32. The fourth-order valence-corrected chi connectivity index (χ4v) is 5.20. The summed E-state index contributed by atoms with van der Waals surface area (Å²) < 4.78 is 0.921. The van der Waals surface area contributed by atoms with Crippen LogP contribution in [0.3, 0.4) is 0 Å². The molecule has 0 bridgehead atoms. The van der Waals surface area contributed by atoms with Crippen molar-refractivity contribution in [2.45, 2.75) is 51.2 Å². The molecule has 1 aromatic heterocycles. The lowest BCUT2D eigenvalue weighted by molar-refractivity contribution is 0.0911. The molecule has 1 heterocycles. The minimum atomic E-state index is -0.402. The Morgan fingerprint density at radius 2 is 2.05 bits per heavy atom. The molecule has 1 amide bonds. The van der Waals surface area contributed by atoms with E-state index in [1.165, 1.54) is 0 Å². The van der Waals surface area contributed by atoms with Gasteiger partial charge in [0.2, 0.25) is 0 Å². The van der Waals surface area contributed by atoms with Gasteiger partial charge in [0.15, 0.2) is 5.78 Å². The first-order valence-corrected chi connectivity index (χ1v) is 8.48. The summed E-state index contributed by atoms with van der Waals surface area (Å²) in [4.78, 5) is 24.8. The van der Waals surface area contributed by atoms with E-state index in [1.54, 1.807) is 11.3 Å². The minimum Gasteiger partial charge on any atom is -0.360 e. The molecule has 1 aliphatic carbocycles. The first-order chi connectivity index (χ1) is 9.19. The number of thiophene rings is 1. The van der Waals surface area contributed by atoms with Crippen LogP contribution in [0.25, 0.3) is 0 Å². The number of thioether (sulfide) groups is 1. The van der Waals surface area contributed by atoms with Crippen molar-refractivity contribution in [3.8, 4) is 0 Å². The lowest BCUT2D eigenvalue weighted by atomic mass is 9.74. The van der Waals surface area contributed by atoms with Gasteiger partial charge in [-0.15, -0.1) is 11.3 Å². The standard InChI is InChI=1S/C15H21NO2S2/c1-8(2)5-11-12-9(13(19-11)20-14(16)18)6-15(3,4)7-10(12)17/h8H,5-7H2,1-4H3,(H2,16,18). The van der Waals surface area contributed by atoms with E-state index in [0.717, 1.165) is 44.8 Å². The summed E-state index contributed by atoms with van der Waals surface area (Å²) in [5.41, 5.74) is 7.21. The molecule has 3 nitrogen and oxygen atoms in total. The second-order valence-electron chi connectivity index (χ2n) is 6.63. The predicted molar refractivity (Wildman–Crippen MR) is 84.7 cm³/mol. The molecule has 0 fully saturated rings. The highest BCUT2D eigenvalue weighted by molar-refractivity contribution is 8.15. The molecule has 2 rings (SSSR count). The molecule has 1 aromatic rings. The molecule has 0 saturated heterocycles. The Balaban J connectivity index is 2.50. The second kappa shape index (κ2) is 5.53. The van der Waals surface area contributed by atoms with Crippen LogP contribution in [-0.4, -0.2) is 11.0 Å². The van der Waals surface area contributed by atoms with Gasteiger partial charge in [0.25, 0.3) is 5.24 Å². The van der Waals surface area contributed by atoms with E-state index in [0.29, 0.717) is 12.3 Å². The molecule has 20 heavy (non-hydrogen) atoms. The molecule has 0 unspecified atom stereocenters. The molecule has 0 saturated carbocycles. The SMILES string of the molecule is CC(C)Cc1sc(SC(N)=O)c2c1C(=O)CC(C)(C)C2. The van der Waals surface area contributed by atoms with E-state index < -0.39 is 5.24 Å². The first kappa shape index (κ1) is 15.6. The van der Waals surface area contributed by atoms with Crippen LogP contribution >= 0.6 is 23.1 Å². The molecule has 110 valence electrons. The number of hydrogen-bond acceptors (Lipinski definition) is 4. The van der Waals surface area contributed by atoms with Gasteiger partial charge in [-0.3, -0.25) is 9.59 Å². The molecule has 0 spiro atoms. The molecular formula is C15H21NO2S2. The van der Waals surface area contributed by atoms with E-state index in [9.17, 15) is 9.59 Å². The van der Waals surface area contributed by atoms with Gasteiger partial charge < -0.3 is 5.73 Å². The van der Waals surface area contributed by atoms with Crippen LogP contribution in [0.5, 0.6) is 0 Å². The topological polar surface area (TPSA) is 60.2 Å². The third-order valence-electron chi connectivity index (χ3n) is 3.40. The van der Waals surface area contributed by atoms with Gasteiger partial charge in [0, 0.05) is 16.9 Å². The van der Waals surface area contributed by atoms with E-state index in [4.69, 9.17) is 5.73 Å². The molecule has 5 heteroatoms. The van der Waals surface area contributed by atoms with Gasteiger partial charge in [-0.1, -0.05) is 27.7 Å². The number of nitrogens with two attached hydrogens (primary N) is 1. The Labute approximate surface area is 128 Å². The first-order valence-electron chi connectivity index (χ1n) is 6.84. The number of carbonyl (C=O) groups is 2. The number of primary amides is 1. The summed E-state index contributed by atoms with van der Waals surface area (Å²) in [5.74, 6) is 0.714. The Morgan fingerprint density at radius 3 is 2.60 bits per heavy atom. The van der Waals surface area contributed by atoms with Crippen molar-refractivity contribution < 1.29 is 9.59 Å². The molecule has 0 aliphatic heterocycles. The van der Waals surface area contributed by atoms with Crippen LogP contribution in [0.4, 0.5) is 4.79 Å². The lowest BCUT2D eigenvalue weighted by Crippen LogP contribution is -2.27. The Kier molecular flexibility index (Phi) is 4.30. The van der Waals surface area contributed by atoms with Crippen molar-refractivity contribution in [2.75, 3.05) is 0 Å². The normalized spacial score (nSPS) is 17.4. The number of rotatable bonds is 3. The largest absolute Gasteiger partial charge is 0.360 e. The zero-order chi connectivity index (χ0) is 15.1. The van der Waals surface area contributed by atoms with Crippen LogP contribution in [0.2, 0.25) is 0 Å². The molecule has 0 atom stereocenters. The van der Waals surface area contributed by atoms with Gasteiger partial charge >= 0.3 is 0 Å². The Hall–Kier alpha value is -0.810. The third-order valence-corrected chi connectivity index (χ3v) is 5.59. The third kappa shape index (κ3) is 3.26. The van der Waals surface area contributed by atoms with Crippen molar-refractivity contribution >= 4 is 34.1 Å². The number of carbonyl (C=O) groups excluding carboxylic acids is 2. The monoisotopic (exact) mass is 311 g/mol. The predicted octanol–water partition coefficient (Wildman–Crippen LogP) is 4.27. The average molecular weight is 311 g/mol. The van der Waals surface area contributed by atoms with Crippen LogP contribution < -0.4 is 5.73 Å². The highest BCUT2D eigenvalue weighted by atomic mass is 32.2. The number of amides is 1. The molecule has 1 aliphatic rings. The van der Waals surface area contributed by atoms with Gasteiger partial charge in [0.05, 0.1) is 4.21 Å². The molecule has 0 aromatic carbocycles. The number of hydrogen-bond donors (Lipinski definition) is 1. The fourth-order valence-electron chi connectivity index (χ4n) is 2.73. The van der Waals surface area contributed by atoms with Crippen molar-refractivity contribution in [1.29, 1.82) is 0 Å². The Morgan fingerprint density at radius 1 is 1.40 bits per heavy atom. The van der Waals surface area contributed by atoms with Crippen LogP contribution in [-0.2, 0) is 12.8 Å². The van der Waals surface area contributed by atoms with Gasteiger partial charge in [-0.2, -0.15) is 0 Å². The highest BCUT2D eigenvalue weighted by Gasteiger charge is 2.36. The van der Waals surface area contributed by atoms with Gasteiger partial charge in [-0.25, -0.2) is 0 Å². The number of fused-ring (bicyclic) bond motifs is 1. The molecule has 2 N–H and O–H groups in total. The number of ketones is 1. The molecule has 0 radical (unpaired) electrons. The van der Waals surface area contributed by atoms with Crippen LogP contribution in [0, 0.1) is 11.3 Å². The smallest absolute Gasteiger partial charge is 0.282 e. The second-order valence-corrected chi connectivity index (χ2v) is 9.00. The fraction of sp³-hybridized carbons (Fsp3) is 0.600. The summed E-state index contributed by atoms with van der Waals surface area (Å²) in [5, 5.41) is -0.402. The Bertz CT molecular complexity index is 558. The van der Waals surface area contributed by atoms with Gasteiger partial charge in [0.1, 0.15) is 0 Å². The average Bonchev–Trinajstić information content (AvgIpc) is 2.52. The quantitative estimate of drug-likeness (QED) is 0.848. The van der Waals surface area contributed by atoms with Crippen molar-refractivity contribution in [1.82, 2.24) is 0 Å². The van der Waals surface area contributed by atoms with Crippen LogP contribution in [0.1, 0.15) is 54.9 Å². The van der Waals surface area contributed by atoms with E-state index in [1.807, 2.05) is 0 Å². The summed E-state index contributed by atoms with van der Waals surface area (Å²) >= 11 is 2.65. The zero-order valence-corrected chi connectivity index (χ0v) is 14.0.